The summed E-state index contributed by atoms with van der Waals surface area (Å²) >= 11 is 0. The Morgan fingerprint density at radius 3 is 2.51 bits per heavy atom. The van der Waals surface area contributed by atoms with Crippen molar-refractivity contribution in [1.29, 1.82) is 0 Å². The quantitative estimate of drug-likeness (QED) is 0.341. The molecule has 0 unspecified atom stereocenters. The van der Waals surface area contributed by atoms with Crippen molar-refractivity contribution >= 4 is 17.5 Å². The minimum absolute atomic E-state index is 0.0667. The average Bonchev–Trinajstić information content (AvgIpc) is 3.37. The fraction of sp³-hybridized carbons (Fsp3) is 0.179. The van der Waals surface area contributed by atoms with Crippen LogP contribution in [0.3, 0.4) is 0 Å². The topological polar surface area (TPSA) is 97.6 Å². The number of rotatable bonds is 6. The van der Waals surface area contributed by atoms with Crippen molar-refractivity contribution in [3.8, 4) is 11.3 Å². The molecular weight excluding hydrogens is 507 g/mol. The maximum atomic E-state index is 14.4. The highest BCUT2D eigenvalue weighted by atomic mass is 19.4. The Bertz CT molecular complexity index is 1550. The number of anilines is 2. The smallest absolute Gasteiger partial charge is 0.327 e. The van der Waals surface area contributed by atoms with Crippen LogP contribution in [0.25, 0.3) is 11.3 Å². The van der Waals surface area contributed by atoms with Gasteiger partial charge in [0.25, 0.3) is 5.91 Å². The number of hydrogen-bond donors (Lipinski definition) is 2. The van der Waals surface area contributed by atoms with Crippen molar-refractivity contribution in [2.45, 2.75) is 25.7 Å². The molecule has 0 saturated heterocycles. The largest absolute Gasteiger partial charge is 0.413 e. The Hall–Kier alpha value is -4.80. The molecule has 1 amide bonds. The normalized spacial score (nSPS) is 19.2. The first kappa shape index (κ1) is 25.8. The van der Waals surface area contributed by atoms with Gasteiger partial charge in [-0.15, -0.1) is 0 Å². The van der Waals surface area contributed by atoms with E-state index in [1.165, 1.54) is 30.1 Å². The van der Waals surface area contributed by atoms with Crippen molar-refractivity contribution < 1.29 is 18.0 Å². The van der Waals surface area contributed by atoms with Crippen molar-refractivity contribution in [1.82, 2.24) is 24.5 Å². The van der Waals surface area contributed by atoms with Gasteiger partial charge in [0.15, 0.2) is 0 Å². The maximum absolute atomic E-state index is 14.4. The zero-order chi connectivity index (χ0) is 27.6. The molecule has 3 heterocycles. The van der Waals surface area contributed by atoms with Gasteiger partial charge in [0.1, 0.15) is 5.66 Å². The predicted octanol–water partition coefficient (Wildman–Crippen LogP) is 5.51. The molecular formula is C28H24F3N7O. The zero-order valence-electron chi connectivity index (χ0n) is 21.0. The van der Waals surface area contributed by atoms with Crippen LogP contribution in [0.4, 0.5) is 24.8 Å². The fourth-order valence-corrected chi connectivity index (χ4v) is 4.52. The van der Waals surface area contributed by atoms with Crippen LogP contribution in [0.1, 0.15) is 12.6 Å². The van der Waals surface area contributed by atoms with E-state index < -0.39 is 29.2 Å². The minimum Gasteiger partial charge on any atom is -0.327 e. The lowest BCUT2D eigenvalue weighted by Crippen LogP contribution is -2.50. The highest BCUT2D eigenvalue weighted by Gasteiger charge is 2.50. The molecule has 39 heavy (non-hydrogen) atoms. The first-order valence-electron chi connectivity index (χ1n) is 12.1. The second-order valence-corrected chi connectivity index (χ2v) is 9.12. The van der Waals surface area contributed by atoms with Gasteiger partial charge in [0, 0.05) is 53.1 Å². The summed E-state index contributed by atoms with van der Waals surface area (Å²) in [6.07, 6.45) is 5.43. The third-order valence-corrected chi connectivity index (χ3v) is 6.50. The van der Waals surface area contributed by atoms with E-state index in [-0.39, 0.29) is 11.5 Å². The second-order valence-electron chi connectivity index (χ2n) is 9.12. The van der Waals surface area contributed by atoms with Gasteiger partial charge in [-0.3, -0.25) is 9.78 Å². The average molecular weight is 532 g/mol. The highest BCUT2D eigenvalue weighted by molar-refractivity contribution is 6.06. The molecule has 2 atom stereocenters. The SMILES string of the molecule is Cc1cn([C@]2(Nc3nccc(-c4cccnc4)n3)C=C(C(=O)Nc3ccccc3)C=C(C(F)(F)F)[C@H]2C)cn1. The standard InChI is InChI=1S/C28H24F3N7O/c1-18-16-38(17-34-18)27(37-26-33-12-10-24(36-26)20-7-6-11-32-15-20)14-21(13-23(19(27)2)28(29,30)31)25(39)35-22-8-4-3-5-9-22/h3-17,19H,1-2H3,(H,35,39)(H,33,36,37)/t19-,27-/m1/s1. The summed E-state index contributed by atoms with van der Waals surface area (Å²) in [5, 5.41) is 5.80. The highest BCUT2D eigenvalue weighted by Crippen LogP contribution is 2.45. The van der Waals surface area contributed by atoms with E-state index in [2.05, 4.69) is 30.6 Å². The van der Waals surface area contributed by atoms with Gasteiger partial charge in [-0.05, 0) is 49.4 Å². The van der Waals surface area contributed by atoms with Crippen LogP contribution in [0.15, 0.2) is 103 Å². The molecule has 198 valence electrons. The molecule has 0 saturated carbocycles. The number of nitrogens with zero attached hydrogens (tertiary/aromatic N) is 5. The molecule has 8 nitrogen and oxygen atoms in total. The van der Waals surface area contributed by atoms with Gasteiger partial charge < -0.3 is 15.2 Å². The number of nitrogens with one attached hydrogen (secondary N) is 2. The third-order valence-electron chi connectivity index (χ3n) is 6.50. The van der Waals surface area contributed by atoms with Crippen molar-refractivity contribution in [3.63, 3.8) is 0 Å². The predicted molar refractivity (Wildman–Crippen MR) is 140 cm³/mol. The molecule has 1 aliphatic rings. The molecule has 1 aromatic carbocycles. The number of carbonyl (C=O) groups excluding carboxylic acids is 1. The molecule has 0 aliphatic heterocycles. The summed E-state index contributed by atoms with van der Waals surface area (Å²) in [5.74, 6) is -1.83. The zero-order valence-corrected chi connectivity index (χ0v) is 21.0. The first-order valence-corrected chi connectivity index (χ1v) is 12.1. The Morgan fingerprint density at radius 1 is 1.05 bits per heavy atom. The number of para-hydroxylation sites is 1. The van der Waals surface area contributed by atoms with Crippen molar-refractivity contribution in [2.75, 3.05) is 10.6 Å². The summed E-state index contributed by atoms with van der Waals surface area (Å²) in [7, 11) is 0. The molecule has 0 fully saturated rings. The molecule has 0 spiro atoms. The molecule has 5 rings (SSSR count). The van der Waals surface area contributed by atoms with Crippen molar-refractivity contribution in [3.05, 3.63) is 109 Å². The van der Waals surface area contributed by atoms with E-state index in [1.807, 2.05) is 6.07 Å². The Labute approximate surface area is 222 Å². The molecule has 11 heteroatoms. The Kier molecular flexibility index (Phi) is 6.73. The van der Waals surface area contributed by atoms with E-state index in [0.717, 1.165) is 6.08 Å². The summed E-state index contributed by atoms with van der Waals surface area (Å²) in [6, 6.07) is 13.8. The van der Waals surface area contributed by atoms with Crippen LogP contribution in [0.5, 0.6) is 0 Å². The van der Waals surface area contributed by atoms with Crippen molar-refractivity contribution in [2.24, 2.45) is 5.92 Å². The van der Waals surface area contributed by atoms with E-state index in [9.17, 15) is 18.0 Å². The summed E-state index contributed by atoms with van der Waals surface area (Å²) in [5.41, 5.74) is -0.413. The molecule has 0 radical (unpaired) electrons. The summed E-state index contributed by atoms with van der Waals surface area (Å²) < 4.78 is 44.8. The van der Waals surface area contributed by atoms with Gasteiger partial charge in [0.05, 0.1) is 17.7 Å². The molecule has 4 aromatic rings. The second kappa shape index (κ2) is 10.2. The van der Waals surface area contributed by atoms with E-state index >= 15 is 0 Å². The molecule has 1 aliphatic carbocycles. The monoisotopic (exact) mass is 531 g/mol. The number of amides is 1. The minimum atomic E-state index is -4.72. The van der Waals surface area contributed by atoms with Crippen LogP contribution in [0, 0.1) is 12.8 Å². The first-order chi connectivity index (χ1) is 18.7. The number of aryl methyl sites for hydroxylation is 1. The fourth-order valence-electron chi connectivity index (χ4n) is 4.52. The lowest BCUT2D eigenvalue weighted by molar-refractivity contribution is -0.113. The lowest BCUT2D eigenvalue weighted by atomic mass is 9.79. The lowest BCUT2D eigenvalue weighted by Gasteiger charge is -2.42. The van der Waals surface area contributed by atoms with E-state index in [0.29, 0.717) is 22.6 Å². The third kappa shape index (κ3) is 5.28. The number of pyridine rings is 1. The van der Waals surface area contributed by atoms with Gasteiger partial charge in [-0.1, -0.05) is 25.1 Å². The van der Waals surface area contributed by atoms with Gasteiger partial charge in [0.2, 0.25) is 5.95 Å². The van der Waals surface area contributed by atoms with Crippen LogP contribution in [-0.2, 0) is 10.5 Å². The Morgan fingerprint density at radius 2 is 1.85 bits per heavy atom. The number of carbonyl (C=O) groups is 1. The number of alkyl halides is 3. The van der Waals surface area contributed by atoms with Gasteiger partial charge in [-0.25, -0.2) is 15.0 Å². The van der Waals surface area contributed by atoms with Crippen LogP contribution in [-0.4, -0.2) is 36.6 Å². The Balaban J connectivity index is 1.64. The number of imidazole rings is 1. The van der Waals surface area contributed by atoms with Gasteiger partial charge >= 0.3 is 6.18 Å². The maximum Gasteiger partial charge on any atom is 0.413 e. The molecule has 2 N–H and O–H groups in total. The van der Waals surface area contributed by atoms with E-state index in [1.54, 1.807) is 68.0 Å². The van der Waals surface area contributed by atoms with Crippen LogP contribution in [0.2, 0.25) is 0 Å². The number of halogens is 3. The van der Waals surface area contributed by atoms with Crippen LogP contribution < -0.4 is 10.6 Å². The molecule has 3 aromatic heterocycles. The van der Waals surface area contributed by atoms with Gasteiger partial charge in [-0.2, -0.15) is 13.2 Å². The number of benzene rings is 1. The summed E-state index contributed by atoms with van der Waals surface area (Å²) in [4.78, 5) is 30.5. The van der Waals surface area contributed by atoms with E-state index in [4.69, 9.17) is 0 Å². The summed E-state index contributed by atoms with van der Waals surface area (Å²) in [6.45, 7) is 3.17. The molecule has 0 bridgehead atoms. The number of aromatic nitrogens is 5. The number of hydrogen-bond acceptors (Lipinski definition) is 6. The van der Waals surface area contributed by atoms with Crippen LogP contribution >= 0.6 is 0 Å².